The van der Waals surface area contributed by atoms with Gasteiger partial charge in [0.15, 0.2) is 5.78 Å². The third-order valence-corrected chi connectivity index (χ3v) is 7.03. The van der Waals surface area contributed by atoms with Crippen molar-refractivity contribution in [3.05, 3.63) is 89.6 Å². The number of ether oxygens (including phenoxy) is 3. The van der Waals surface area contributed by atoms with Crippen molar-refractivity contribution in [2.24, 2.45) is 5.41 Å². The van der Waals surface area contributed by atoms with E-state index in [9.17, 15) is 9.59 Å². The Morgan fingerprint density at radius 3 is 2.16 bits per heavy atom. The fourth-order valence-electron chi connectivity index (χ4n) is 5.38. The lowest BCUT2D eigenvalue weighted by Gasteiger charge is -2.43. The molecule has 0 radical (unpaired) electrons. The van der Waals surface area contributed by atoms with Gasteiger partial charge in [0.2, 0.25) is 5.91 Å². The molecule has 1 unspecified atom stereocenters. The number of carbonyl (C=O) groups is 2. The van der Waals surface area contributed by atoms with Crippen molar-refractivity contribution in [1.29, 1.82) is 0 Å². The van der Waals surface area contributed by atoms with Crippen LogP contribution in [0.25, 0.3) is 0 Å². The van der Waals surface area contributed by atoms with Gasteiger partial charge in [-0.15, -0.1) is 0 Å². The molecule has 1 amide bonds. The highest BCUT2D eigenvalue weighted by molar-refractivity contribution is 6.08. The van der Waals surface area contributed by atoms with Crippen LogP contribution in [-0.4, -0.2) is 25.9 Å². The Morgan fingerprint density at radius 1 is 0.811 bits per heavy atom. The molecule has 6 nitrogen and oxygen atoms in total. The molecule has 1 atom stereocenters. The fourth-order valence-corrected chi connectivity index (χ4v) is 5.38. The van der Waals surface area contributed by atoms with Crippen LogP contribution in [0.1, 0.15) is 44.6 Å². The van der Waals surface area contributed by atoms with Crippen molar-refractivity contribution in [2.75, 3.05) is 19.1 Å². The minimum absolute atomic E-state index is 0.0594. The van der Waals surface area contributed by atoms with Gasteiger partial charge in [-0.05, 0) is 66.4 Å². The first kappa shape index (κ1) is 24.6. The lowest BCUT2D eigenvalue weighted by atomic mass is 9.69. The van der Waals surface area contributed by atoms with E-state index in [-0.39, 0.29) is 23.5 Å². The molecule has 5 rings (SSSR count). The summed E-state index contributed by atoms with van der Waals surface area (Å²) in [4.78, 5) is 29.1. The second-order valence-corrected chi connectivity index (χ2v) is 10.3. The summed E-state index contributed by atoms with van der Waals surface area (Å²) in [6.45, 7) is 4.15. The quantitative estimate of drug-likeness (QED) is 0.381. The van der Waals surface area contributed by atoms with Crippen LogP contribution >= 0.6 is 0 Å². The summed E-state index contributed by atoms with van der Waals surface area (Å²) in [5.41, 5.74) is 2.71. The predicted molar refractivity (Wildman–Crippen MR) is 142 cm³/mol. The summed E-state index contributed by atoms with van der Waals surface area (Å²) in [7, 11) is 3.20. The number of ketones is 1. The third-order valence-electron chi connectivity index (χ3n) is 7.03. The first-order chi connectivity index (χ1) is 17.8. The molecule has 0 saturated heterocycles. The highest BCUT2D eigenvalue weighted by Gasteiger charge is 2.45. The van der Waals surface area contributed by atoms with Gasteiger partial charge in [-0.1, -0.05) is 32.0 Å². The minimum Gasteiger partial charge on any atom is -0.497 e. The zero-order chi connectivity index (χ0) is 26.2. The number of hydrogen-bond acceptors (Lipinski definition) is 5. The number of anilines is 1. The van der Waals surface area contributed by atoms with Gasteiger partial charge in [-0.2, -0.15) is 0 Å². The summed E-state index contributed by atoms with van der Waals surface area (Å²) < 4.78 is 17.0. The highest BCUT2D eigenvalue weighted by atomic mass is 16.5. The Labute approximate surface area is 217 Å². The molecule has 0 N–H and O–H groups in total. The van der Waals surface area contributed by atoms with E-state index < -0.39 is 5.92 Å². The fraction of sp³-hybridized carbons (Fsp3) is 0.290. The van der Waals surface area contributed by atoms with E-state index >= 15 is 0 Å². The van der Waals surface area contributed by atoms with Crippen molar-refractivity contribution in [1.82, 2.24) is 0 Å². The third kappa shape index (κ3) is 4.84. The number of benzene rings is 3. The van der Waals surface area contributed by atoms with Crippen LogP contribution in [0.15, 0.2) is 84.1 Å². The van der Waals surface area contributed by atoms with Crippen LogP contribution < -0.4 is 19.1 Å². The number of Topliss-reactive ketones (excluding diaryl/α,β-unsaturated/α-hetero) is 1. The monoisotopic (exact) mass is 497 g/mol. The largest absolute Gasteiger partial charge is 0.497 e. The normalized spacial score (nSPS) is 18.9. The number of methoxy groups -OCH3 is 2. The van der Waals surface area contributed by atoms with Gasteiger partial charge in [0.1, 0.15) is 23.0 Å². The Morgan fingerprint density at radius 2 is 1.49 bits per heavy atom. The van der Waals surface area contributed by atoms with E-state index in [1.807, 2.05) is 72.8 Å². The first-order valence-electron chi connectivity index (χ1n) is 12.4. The molecule has 0 fully saturated rings. The second-order valence-electron chi connectivity index (χ2n) is 10.3. The number of rotatable bonds is 6. The maximum atomic E-state index is 13.8. The number of hydrogen-bond donors (Lipinski definition) is 0. The van der Waals surface area contributed by atoms with Crippen LogP contribution in [0, 0.1) is 5.41 Å². The van der Waals surface area contributed by atoms with Crippen molar-refractivity contribution >= 4 is 17.4 Å². The molecule has 0 aromatic heterocycles. The van der Waals surface area contributed by atoms with Crippen LogP contribution in [-0.2, 0) is 9.59 Å². The molecular formula is C31H31NO5. The Balaban J connectivity index is 1.57. The van der Waals surface area contributed by atoms with Gasteiger partial charge < -0.3 is 14.2 Å². The van der Waals surface area contributed by atoms with Crippen LogP contribution in [0.4, 0.5) is 5.69 Å². The minimum atomic E-state index is -0.395. The van der Waals surface area contributed by atoms with Crippen molar-refractivity contribution in [3.63, 3.8) is 0 Å². The molecule has 3 aromatic rings. The maximum Gasteiger partial charge on any atom is 0.232 e. The topological polar surface area (TPSA) is 65.1 Å². The average Bonchev–Trinajstić information content (AvgIpc) is 2.88. The molecule has 0 spiro atoms. The number of amides is 1. The SMILES string of the molecule is COc1ccc(OC)c(C2CC(=O)N(c3ccc(Oc4ccccc4)cc3)C3=C2C(=O)CC(C)(C)C3)c1. The van der Waals surface area contributed by atoms with E-state index in [1.54, 1.807) is 19.1 Å². The van der Waals surface area contributed by atoms with Gasteiger partial charge >= 0.3 is 0 Å². The van der Waals surface area contributed by atoms with Gasteiger partial charge in [-0.3, -0.25) is 14.5 Å². The van der Waals surface area contributed by atoms with E-state index in [2.05, 4.69) is 13.8 Å². The zero-order valence-corrected chi connectivity index (χ0v) is 21.6. The van der Waals surface area contributed by atoms with Gasteiger partial charge in [0.05, 0.1) is 14.2 Å². The van der Waals surface area contributed by atoms with Gasteiger partial charge in [0.25, 0.3) is 0 Å². The molecule has 2 aliphatic rings. The second kappa shape index (κ2) is 9.77. The Bertz CT molecular complexity index is 1360. The summed E-state index contributed by atoms with van der Waals surface area (Å²) in [5.74, 6) is 2.33. The van der Waals surface area contributed by atoms with Crippen molar-refractivity contribution in [3.8, 4) is 23.0 Å². The lowest BCUT2D eigenvalue weighted by Crippen LogP contribution is -2.43. The number of nitrogens with zero attached hydrogens (tertiary/aromatic N) is 1. The van der Waals surface area contributed by atoms with Crippen molar-refractivity contribution < 1.29 is 23.8 Å². The van der Waals surface area contributed by atoms with E-state index in [4.69, 9.17) is 14.2 Å². The number of para-hydroxylation sites is 1. The molecule has 0 bridgehead atoms. The van der Waals surface area contributed by atoms with Gasteiger partial charge in [0, 0.05) is 41.3 Å². The zero-order valence-electron chi connectivity index (χ0n) is 21.6. The lowest BCUT2D eigenvalue weighted by molar-refractivity contribution is -0.121. The Hall–Kier alpha value is -4.06. The van der Waals surface area contributed by atoms with E-state index in [0.717, 1.165) is 22.7 Å². The summed E-state index contributed by atoms with van der Waals surface area (Å²) in [5, 5.41) is 0. The molecule has 1 aliphatic heterocycles. The Kier molecular flexibility index (Phi) is 6.50. The molecule has 1 aliphatic carbocycles. The highest BCUT2D eigenvalue weighted by Crippen LogP contribution is 2.50. The molecule has 6 heteroatoms. The smallest absolute Gasteiger partial charge is 0.232 e. The molecule has 190 valence electrons. The standard InChI is InChI=1S/C31H31NO5/c1-31(2)18-26-30(27(33)19-31)25(24-16-23(35-3)14-15-28(24)36-4)17-29(34)32(26)20-10-12-22(13-11-20)37-21-8-6-5-7-9-21/h5-16,25H,17-19H2,1-4H3. The van der Waals surface area contributed by atoms with Crippen LogP contribution in [0.3, 0.4) is 0 Å². The molecule has 37 heavy (non-hydrogen) atoms. The summed E-state index contributed by atoms with van der Waals surface area (Å²) in [6.07, 6.45) is 1.21. The molecule has 3 aromatic carbocycles. The average molecular weight is 498 g/mol. The predicted octanol–water partition coefficient (Wildman–Crippen LogP) is 6.66. The van der Waals surface area contributed by atoms with Crippen LogP contribution in [0.2, 0.25) is 0 Å². The molecule has 1 heterocycles. The number of allylic oxidation sites excluding steroid dienone is 2. The summed E-state index contributed by atoms with van der Waals surface area (Å²) >= 11 is 0. The van der Waals surface area contributed by atoms with Crippen molar-refractivity contribution in [2.45, 2.75) is 39.0 Å². The maximum absolute atomic E-state index is 13.8. The first-order valence-corrected chi connectivity index (χ1v) is 12.4. The molecule has 0 saturated carbocycles. The van der Waals surface area contributed by atoms with Crippen LogP contribution in [0.5, 0.6) is 23.0 Å². The number of carbonyl (C=O) groups excluding carboxylic acids is 2. The van der Waals surface area contributed by atoms with E-state index in [0.29, 0.717) is 35.7 Å². The molecular weight excluding hydrogens is 466 g/mol. The van der Waals surface area contributed by atoms with Gasteiger partial charge in [-0.25, -0.2) is 0 Å². The summed E-state index contributed by atoms with van der Waals surface area (Å²) in [6, 6.07) is 22.5. The van der Waals surface area contributed by atoms with E-state index in [1.165, 1.54) is 0 Å².